The number of ether oxygens (including phenoxy) is 1. The Morgan fingerprint density at radius 2 is 2.12 bits per heavy atom. The molecule has 146 valence electrons. The van der Waals surface area contributed by atoms with Gasteiger partial charge in [-0.25, -0.2) is 4.98 Å². The number of rotatable bonds is 5. The molecular weight excluding hydrogens is 328 g/mol. The van der Waals surface area contributed by atoms with Crippen LogP contribution in [0, 0.1) is 16.7 Å². The van der Waals surface area contributed by atoms with Crippen LogP contribution in [0.5, 0.6) is 0 Å². The van der Waals surface area contributed by atoms with Crippen molar-refractivity contribution < 1.29 is 9.53 Å². The van der Waals surface area contributed by atoms with E-state index in [0.29, 0.717) is 0 Å². The molecule has 3 heterocycles. The van der Waals surface area contributed by atoms with Crippen molar-refractivity contribution in [3.05, 3.63) is 18.2 Å². The quantitative estimate of drug-likeness (QED) is 0.872. The lowest BCUT2D eigenvalue weighted by molar-refractivity contribution is -0.129. The van der Waals surface area contributed by atoms with Gasteiger partial charge in [-0.15, -0.1) is 0 Å². The van der Waals surface area contributed by atoms with Crippen molar-refractivity contribution in [2.45, 2.75) is 46.6 Å². The molecule has 26 heavy (non-hydrogen) atoms. The number of aromatic nitrogens is 2. The van der Waals surface area contributed by atoms with Crippen molar-refractivity contribution in [3.63, 3.8) is 0 Å². The van der Waals surface area contributed by atoms with E-state index in [9.17, 15) is 4.79 Å². The Morgan fingerprint density at radius 1 is 1.38 bits per heavy atom. The summed E-state index contributed by atoms with van der Waals surface area (Å²) in [6.45, 7) is 11.6. The van der Waals surface area contributed by atoms with Gasteiger partial charge in [0, 0.05) is 58.1 Å². The van der Waals surface area contributed by atoms with E-state index in [-0.39, 0.29) is 22.7 Å². The Kier molecular flexibility index (Phi) is 5.72. The lowest BCUT2D eigenvalue weighted by Gasteiger charge is -2.37. The molecule has 6 nitrogen and oxygen atoms in total. The van der Waals surface area contributed by atoms with Gasteiger partial charge >= 0.3 is 0 Å². The lowest BCUT2D eigenvalue weighted by atomic mass is 9.71. The topological polar surface area (TPSA) is 59.4 Å². The second-order valence-electron chi connectivity index (χ2n) is 9.29. The number of likely N-dealkylation sites (tertiary alicyclic amines) is 1. The highest BCUT2D eigenvalue weighted by atomic mass is 16.5. The van der Waals surface area contributed by atoms with Crippen molar-refractivity contribution in [1.29, 1.82) is 0 Å². The van der Waals surface area contributed by atoms with Gasteiger partial charge in [-0.05, 0) is 24.7 Å². The Bertz CT molecular complexity index is 614. The molecule has 1 atom stereocenters. The van der Waals surface area contributed by atoms with Crippen LogP contribution in [0.25, 0.3) is 0 Å². The molecule has 1 N–H and O–H groups in total. The van der Waals surface area contributed by atoms with Crippen LogP contribution in [0.4, 0.5) is 0 Å². The molecule has 1 unspecified atom stereocenters. The summed E-state index contributed by atoms with van der Waals surface area (Å²) in [5.41, 5.74) is 1.49. The fraction of sp³-hybridized carbons (Fsp3) is 0.800. The number of imidazole rings is 1. The van der Waals surface area contributed by atoms with Crippen LogP contribution in [0.2, 0.25) is 0 Å². The molecule has 2 fully saturated rings. The van der Waals surface area contributed by atoms with Crippen LogP contribution in [0.3, 0.4) is 0 Å². The number of hydrogen-bond donors (Lipinski definition) is 1. The third-order valence-corrected chi connectivity index (χ3v) is 6.00. The van der Waals surface area contributed by atoms with E-state index in [0.717, 1.165) is 58.7 Å². The second-order valence-corrected chi connectivity index (χ2v) is 9.29. The van der Waals surface area contributed by atoms with Crippen molar-refractivity contribution in [2.75, 3.05) is 32.8 Å². The second kappa shape index (κ2) is 7.69. The highest BCUT2D eigenvalue weighted by Crippen LogP contribution is 2.44. The van der Waals surface area contributed by atoms with E-state index in [4.69, 9.17) is 4.74 Å². The van der Waals surface area contributed by atoms with Gasteiger partial charge in [-0.1, -0.05) is 20.8 Å². The average Bonchev–Trinajstić information content (AvgIpc) is 3.11. The van der Waals surface area contributed by atoms with Gasteiger partial charge in [0.1, 0.15) is 0 Å². The van der Waals surface area contributed by atoms with Gasteiger partial charge in [0.05, 0.1) is 17.9 Å². The molecule has 0 aromatic carbocycles. The van der Waals surface area contributed by atoms with E-state index in [1.807, 2.05) is 19.6 Å². The smallest absolute Gasteiger partial charge is 0.225 e. The molecule has 6 heteroatoms. The Balaban J connectivity index is 1.67. The number of amides is 1. The van der Waals surface area contributed by atoms with Gasteiger partial charge in [0.15, 0.2) is 0 Å². The summed E-state index contributed by atoms with van der Waals surface area (Å²) in [7, 11) is 2.03. The van der Waals surface area contributed by atoms with Crippen molar-refractivity contribution in [3.8, 4) is 0 Å². The van der Waals surface area contributed by atoms with Gasteiger partial charge < -0.3 is 14.6 Å². The number of aryl methyl sites for hydroxylation is 1. The summed E-state index contributed by atoms with van der Waals surface area (Å²) in [6.07, 6.45) is 6.72. The van der Waals surface area contributed by atoms with E-state index >= 15 is 0 Å². The molecule has 0 aliphatic carbocycles. The van der Waals surface area contributed by atoms with Gasteiger partial charge in [-0.3, -0.25) is 9.69 Å². The molecule has 1 amide bonds. The number of hydrogen-bond acceptors (Lipinski definition) is 4. The minimum Gasteiger partial charge on any atom is -0.381 e. The summed E-state index contributed by atoms with van der Waals surface area (Å²) < 4.78 is 7.67. The predicted molar refractivity (Wildman–Crippen MR) is 102 cm³/mol. The molecule has 3 rings (SSSR count). The number of nitrogens with one attached hydrogen (secondary N) is 1. The first-order valence-corrected chi connectivity index (χ1v) is 9.82. The van der Waals surface area contributed by atoms with E-state index in [1.165, 1.54) is 5.69 Å². The van der Waals surface area contributed by atoms with Gasteiger partial charge in [-0.2, -0.15) is 0 Å². The average molecular weight is 363 g/mol. The fourth-order valence-electron chi connectivity index (χ4n) is 4.29. The molecule has 0 saturated carbocycles. The van der Waals surface area contributed by atoms with Crippen LogP contribution >= 0.6 is 0 Å². The predicted octanol–water partition coefficient (Wildman–Crippen LogP) is 2.20. The van der Waals surface area contributed by atoms with Crippen LogP contribution in [0.15, 0.2) is 12.5 Å². The monoisotopic (exact) mass is 362 g/mol. The first kappa shape index (κ1) is 19.4. The van der Waals surface area contributed by atoms with E-state index < -0.39 is 0 Å². The van der Waals surface area contributed by atoms with Crippen molar-refractivity contribution in [1.82, 2.24) is 19.8 Å². The molecular formula is C20H34N4O2. The summed E-state index contributed by atoms with van der Waals surface area (Å²) >= 11 is 0. The molecule has 0 radical (unpaired) electrons. The van der Waals surface area contributed by atoms with Crippen molar-refractivity contribution in [2.24, 2.45) is 23.8 Å². The molecule has 2 aliphatic heterocycles. The number of carbonyl (C=O) groups excluding carboxylic acids is 1. The van der Waals surface area contributed by atoms with Crippen LogP contribution in [-0.4, -0.2) is 53.2 Å². The SMILES string of the molecule is Cn1cncc1CN1CC(C(=O)NCCC(C)(C)C)C2(CCOCC2)C1. The fourth-order valence-corrected chi connectivity index (χ4v) is 4.29. The summed E-state index contributed by atoms with van der Waals surface area (Å²) in [5, 5.41) is 3.22. The lowest BCUT2D eigenvalue weighted by Crippen LogP contribution is -2.44. The normalized spacial score (nSPS) is 23.5. The zero-order valence-corrected chi connectivity index (χ0v) is 16.8. The molecule has 0 bridgehead atoms. The molecule has 2 aliphatic rings. The maximum Gasteiger partial charge on any atom is 0.225 e. The first-order chi connectivity index (χ1) is 12.3. The Morgan fingerprint density at radius 3 is 2.73 bits per heavy atom. The molecule has 2 saturated heterocycles. The third-order valence-electron chi connectivity index (χ3n) is 6.00. The van der Waals surface area contributed by atoms with Crippen molar-refractivity contribution >= 4 is 5.91 Å². The largest absolute Gasteiger partial charge is 0.381 e. The summed E-state index contributed by atoms with van der Waals surface area (Å²) in [6, 6.07) is 0. The standard InChI is InChI=1S/C20H34N4O2/c1-19(2,3)5-8-22-18(25)17-13-24(12-16-11-21-15-23(16)4)14-20(17)6-9-26-10-7-20/h11,15,17H,5-10,12-14H2,1-4H3,(H,22,25). The van der Waals surface area contributed by atoms with Crippen LogP contribution in [0.1, 0.15) is 45.7 Å². The number of carbonyl (C=O) groups is 1. The van der Waals surface area contributed by atoms with Crippen LogP contribution < -0.4 is 5.32 Å². The summed E-state index contributed by atoms with van der Waals surface area (Å²) in [5.74, 6) is 0.281. The van der Waals surface area contributed by atoms with Gasteiger partial charge in [0.2, 0.25) is 5.91 Å². The Labute approximate surface area is 157 Å². The zero-order valence-electron chi connectivity index (χ0n) is 16.8. The van der Waals surface area contributed by atoms with E-state index in [1.54, 1.807) is 0 Å². The zero-order chi connectivity index (χ0) is 18.8. The third kappa shape index (κ3) is 4.46. The maximum absolute atomic E-state index is 13.0. The highest BCUT2D eigenvalue weighted by molar-refractivity contribution is 5.80. The maximum atomic E-state index is 13.0. The molecule has 1 aromatic rings. The summed E-state index contributed by atoms with van der Waals surface area (Å²) in [4.78, 5) is 19.7. The number of nitrogens with zero attached hydrogens (tertiary/aromatic N) is 3. The van der Waals surface area contributed by atoms with Crippen LogP contribution in [-0.2, 0) is 23.1 Å². The Hall–Kier alpha value is -1.40. The van der Waals surface area contributed by atoms with E-state index in [2.05, 4.69) is 40.5 Å². The van der Waals surface area contributed by atoms with Gasteiger partial charge in [0.25, 0.3) is 0 Å². The first-order valence-electron chi connectivity index (χ1n) is 9.82. The molecule has 1 aromatic heterocycles. The minimum atomic E-state index is 0.0552. The molecule has 1 spiro atoms. The minimum absolute atomic E-state index is 0.0552. The highest BCUT2D eigenvalue weighted by Gasteiger charge is 2.50.